The number of rotatable bonds is 7. The van der Waals surface area contributed by atoms with Crippen molar-refractivity contribution in [1.29, 1.82) is 0 Å². The molecule has 0 unspecified atom stereocenters. The first-order valence-electron chi connectivity index (χ1n) is 10.1. The number of hydrogen-bond donors (Lipinski definition) is 1. The third kappa shape index (κ3) is 5.25. The second-order valence-electron chi connectivity index (χ2n) is 7.23. The summed E-state index contributed by atoms with van der Waals surface area (Å²) < 4.78 is 16.1. The predicted octanol–water partition coefficient (Wildman–Crippen LogP) is 3.81. The zero-order chi connectivity index (χ0) is 21.6. The van der Waals surface area contributed by atoms with E-state index in [9.17, 15) is 4.79 Å². The lowest BCUT2D eigenvalue weighted by atomic mass is 10.0. The van der Waals surface area contributed by atoms with E-state index < -0.39 is 0 Å². The summed E-state index contributed by atoms with van der Waals surface area (Å²) >= 11 is 5.93. The molecule has 8 heteroatoms. The number of ether oxygens (including phenoxy) is 2. The van der Waals surface area contributed by atoms with E-state index in [0.29, 0.717) is 30.5 Å². The van der Waals surface area contributed by atoms with Gasteiger partial charge in [-0.1, -0.05) is 28.9 Å². The van der Waals surface area contributed by atoms with Gasteiger partial charge in [0.2, 0.25) is 0 Å². The Morgan fingerprint density at radius 2 is 1.87 bits per heavy atom. The lowest BCUT2D eigenvalue weighted by Gasteiger charge is -2.34. The van der Waals surface area contributed by atoms with Crippen LogP contribution < -0.4 is 10.1 Å². The fourth-order valence-corrected chi connectivity index (χ4v) is 3.71. The van der Waals surface area contributed by atoms with Crippen LogP contribution in [0, 0.1) is 0 Å². The third-order valence-electron chi connectivity index (χ3n) is 5.31. The topological polar surface area (TPSA) is 76.8 Å². The van der Waals surface area contributed by atoms with Crippen LogP contribution in [0.1, 0.15) is 22.1 Å². The maximum Gasteiger partial charge on any atom is 0.273 e. The molecule has 4 rings (SSSR count). The molecular formula is C23H24ClN3O4. The highest BCUT2D eigenvalue weighted by Crippen LogP contribution is 2.25. The standard InChI is InChI=1S/C23H24ClN3O4/c1-29-19-8-4-16(5-9-19)21(27-10-12-30-13-11-27)15-25-23(28)20-14-22(31-26-20)17-2-6-18(24)7-3-17/h2-9,14,21H,10-13,15H2,1H3,(H,25,28)/t21-/m0/s1. The normalized spacial score (nSPS) is 15.4. The van der Waals surface area contributed by atoms with E-state index in [-0.39, 0.29) is 17.6 Å². The van der Waals surface area contributed by atoms with Gasteiger partial charge in [0.1, 0.15) is 5.75 Å². The van der Waals surface area contributed by atoms with Gasteiger partial charge in [-0.25, -0.2) is 0 Å². The Bertz CT molecular complexity index is 998. The molecule has 1 fully saturated rings. The molecule has 0 spiro atoms. The van der Waals surface area contributed by atoms with Crippen LogP contribution in [0.4, 0.5) is 0 Å². The summed E-state index contributed by atoms with van der Waals surface area (Å²) in [4.78, 5) is 15.1. The molecule has 1 aliphatic rings. The van der Waals surface area contributed by atoms with Crippen molar-refractivity contribution in [3.8, 4) is 17.1 Å². The van der Waals surface area contributed by atoms with E-state index in [1.807, 2.05) is 36.4 Å². The highest BCUT2D eigenvalue weighted by molar-refractivity contribution is 6.30. The number of nitrogens with zero attached hydrogens (tertiary/aromatic N) is 2. The minimum absolute atomic E-state index is 0.0152. The molecule has 2 aromatic carbocycles. The molecule has 7 nitrogen and oxygen atoms in total. The van der Waals surface area contributed by atoms with E-state index in [0.717, 1.165) is 30.0 Å². The van der Waals surface area contributed by atoms with E-state index >= 15 is 0 Å². The average Bonchev–Trinajstić information content (AvgIpc) is 3.31. The van der Waals surface area contributed by atoms with Crippen molar-refractivity contribution in [3.05, 3.63) is 70.9 Å². The number of morpholine rings is 1. The molecule has 0 aliphatic carbocycles. The van der Waals surface area contributed by atoms with E-state index in [1.54, 1.807) is 25.3 Å². The number of carbonyl (C=O) groups is 1. The van der Waals surface area contributed by atoms with Gasteiger partial charge in [-0.05, 0) is 42.0 Å². The van der Waals surface area contributed by atoms with Crippen LogP contribution in [0.15, 0.2) is 59.1 Å². The summed E-state index contributed by atoms with van der Waals surface area (Å²) in [6, 6.07) is 16.7. The van der Waals surface area contributed by atoms with Gasteiger partial charge in [0.15, 0.2) is 11.5 Å². The van der Waals surface area contributed by atoms with Crippen LogP contribution in [0.2, 0.25) is 5.02 Å². The molecule has 1 amide bonds. The minimum atomic E-state index is -0.282. The van der Waals surface area contributed by atoms with E-state index in [2.05, 4.69) is 15.4 Å². The van der Waals surface area contributed by atoms with Crippen LogP contribution in [0.5, 0.6) is 5.75 Å². The van der Waals surface area contributed by atoms with Gasteiger partial charge in [0.05, 0.1) is 26.4 Å². The van der Waals surface area contributed by atoms with Crippen molar-refractivity contribution in [3.63, 3.8) is 0 Å². The van der Waals surface area contributed by atoms with Gasteiger partial charge >= 0.3 is 0 Å². The molecule has 1 atom stereocenters. The first kappa shape index (κ1) is 21.4. The lowest BCUT2D eigenvalue weighted by molar-refractivity contribution is 0.0162. The number of amides is 1. The fraction of sp³-hybridized carbons (Fsp3) is 0.304. The van der Waals surface area contributed by atoms with Crippen molar-refractivity contribution in [2.45, 2.75) is 6.04 Å². The number of hydrogen-bond acceptors (Lipinski definition) is 6. The summed E-state index contributed by atoms with van der Waals surface area (Å²) in [5, 5.41) is 7.56. The van der Waals surface area contributed by atoms with Gasteiger partial charge in [-0.2, -0.15) is 0 Å². The number of carbonyl (C=O) groups excluding carboxylic acids is 1. The number of halogens is 1. The predicted molar refractivity (Wildman–Crippen MR) is 117 cm³/mol. The van der Waals surface area contributed by atoms with E-state index in [1.165, 1.54) is 0 Å². The summed E-state index contributed by atoms with van der Waals surface area (Å²) in [6.45, 7) is 3.39. The quantitative estimate of drug-likeness (QED) is 0.600. The molecule has 1 N–H and O–H groups in total. The molecule has 162 valence electrons. The van der Waals surface area contributed by atoms with Crippen LogP contribution in [0.25, 0.3) is 11.3 Å². The Morgan fingerprint density at radius 3 is 2.55 bits per heavy atom. The number of aromatic nitrogens is 1. The Labute approximate surface area is 185 Å². The van der Waals surface area contributed by atoms with Crippen molar-refractivity contribution in [2.75, 3.05) is 40.0 Å². The van der Waals surface area contributed by atoms with E-state index in [4.69, 9.17) is 25.6 Å². The second-order valence-corrected chi connectivity index (χ2v) is 7.67. The van der Waals surface area contributed by atoms with Gasteiger partial charge < -0.3 is 19.3 Å². The monoisotopic (exact) mass is 441 g/mol. The van der Waals surface area contributed by atoms with Crippen molar-refractivity contribution in [2.24, 2.45) is 0 Å². The van der Waals surface area contributed by atoms with Crippen LogP contribution in [0.3, 0.4) is 0 Å². The lowest BCUT2D eigenvalue weighted by Crippen LogP contribution is -2.43. The van der Waals surface area contributed by atoms with Gasteiger partial charge in [0, 0.05) is 36.3 Å². The summed E-state index contributed by atoms with van der Waals surface area (Å²) in [5.41, 5.74) is 2.14. The van der Waals surface area contributed by atoms with Gasteiger partial charge in [-0.3, -0.25) is 9.69 Å². The molecule has 0 radical (unpaired) electrons. The number of benzene rings is 2. The van der Waals surface area contributed by atoms with Crippen molar-refractivity contribution >= 4 is 17.5 Å². The highest BCUT2D eigenvalue weighted by atomic mass is 35.5. The van der Waals surface area contributed by atoms with Crippen molar-refractivity contribution in [1.82, 2.24) is 15.4 Å². The molecule has 0 saturated carbocycles. The first-order chi connectivity index (χ1) is 15.1. The Balaban J connectivity index is 1.46. The highest BCUT2D eigenvalue weighted by Gasteiger charge is 2.24. The Hall–Kier alpha value is -2.87. The third-order valence-corrected chi connectivity index (χ3v) is 5.57. The minimum Gasteiger partial charge on any atom is -0.497 e. The summed E-state index contributed by atoms with van der Waals surface area (Å²) in [5.74, 6) is 1.03. The van der Waals surface area contributed by atoms with Gasteiger partial charge in [0.25, 0.3) is 5.91 Å². The molecule has 0 bridgehead atoms. The number of methoxy groups -OCH3 is 1. The fourth-order valence-electron chi connectivity index (χ4n) is 3.59. The second kappa shape index (κ2) is 9.96. The smallest absolute Gasteiger partial charge is 0.273 e. The summed E-state index contributed by atoms with van der Waals surface area (Å²) in [6.07, 6.45) is 0. The largest absolute Gasteiger partial charge is 0.497 e. The molecular weight excluding hydrogens is 418 g/mol. The summed E-state index contributed by atoms with van der Waals surface area (Å²) in [7, 11) is 1.64. The zero-order valence-corrected chi connectivity index (χ0v) is 18.0. The molecule has 3 aromatic rings. The Morgan fingerprint density at radius 1 is 1.16 bits per heavy atom. The zero-order valence-electron chi connectivity index (χ0n) is 17.2. The average molecular weight is 442 g/mol. The molecule has 1 saturated heterocycles. The maximum absolute atomic E-state index is 12.7. The van der Waals surface area contributed by atoms with Crippen LogP contribution >= 0.6 is 11.6 Å². The number of nitrogens with one attached hydrogen (secondary N) is 1. The SMILES string of the molecule is COc1ccc([C@H](CNC(=O)c2cc(-c3ccc(Cl)cc3)on2)N2CCOCC2)cc1. The van der Waals surface area contributed by atoms with Gasteiger partial charge in [-0.15, -0.1) is 0 Å². The first-order valence-corrected chi connectivity index (χ1v) is 10.5. The molecule has 1 aliphatic heterocycles. The van der Waals surface area contributed by atoms with Crippen LogP contribution in [-0.2, 0) is 4.74 Å². The Kier molecular flexibility index (Phi) is 6.86. The van der Waals surface area contributed by atoms with Crippen molar-refractivity contribution < 1.29 is 18.8 Å². The molecule has 31 heavy (non-hydrogen) atoms. The molecule has 1 aromatic heterocycles. The maximum atomic E-state index is 12.7. The molecule has 2 heterocycles. The van der Waals surface area contributed by atoms with Crippen LogP contribution in [-0.4, -0.2) is 55.9 Å².